The molecule has 0 radical (unpaired) electrons. The average Bonchev–Trinajstić information content (AvgIpc) is 2.73. The van der Waals surface area contributed by atoms with Crippen molar-refractivity contribution in [2.45, 2.75) is 0 Å². The van der Waals surface area contributed by atoms with E-state index in [1.165, 1.54) is 0 Å². The van der Waals surface area contributed by atoms with Crippen molar-refractivity contribution in [1.29, 1.82) is 0 Å². The molecule has 0 bridgehead atoms. The predicted molar refractivity (Wildman–Crippen MR) is 121 cm³/mol. The Balaban J connectivity index is 1.70. The third-order valence-electron chi connectivity index (χ3n) is 4.80. The third-order valence-corrected chi connectivity index (χ3v) is 4.80. The van der Waals surface area contributed by atoms with E-state index in [1.807, 2.05) is 84.9 Å². The Morgan fingerprint density at radius 3 is 1.21 bits per heavy atom. The molecule has 5 heteroatoms. The fourth-order valence-corrected chi connectivity index (χ4v) is 3.21. The molecular weight excluding hydrogens is 360 g/mol. The SMILES string of the molecule is Nc1ccc(-c2cccc(Oc3cccc(-c4ccc(N)cc4)c3N)c2N)cc1. The van der Waals surface area contributed by atoms with Gasteiger partial charge in [0.2, 0.25) is 0 Å². The van der Waals surface area contributed by atoms with E-state index in [9.17, 15) is 0 Å². The number of benzene rings is 4. The molecule has 0 spiro atoms. The summed E-state index contributed by atoms with van der Waals surface area (Å²) in [5.74, 6) is 1.08. The molecule has 0 aliphatic rings. The summed E-state index contributed by atoms with van der Waals surface area (Å²) < 4.78 is 6.11. The maximum Gasteiger partial charge on any atom is 0.151 e. The highest BCUT2D eigenvalue weighted by Gasteiger charge is 2.13. The van der Waals surface area contributed by atoms with Crippen LogP contribution in [0.2, 0.25) is 0 Å². The lowest BCUT2D eigenvalue weighted by Gasteiger charge is -2.15. The number of nitrogen functional groups attached to an aromatic ring is 4. The highest BCUT2D eigenvalue weighted by molar-refractivity contribution is 5.84. The summed E-state index contributed by atoms with van der Waals surface area (Å²) >= 11 is 0. The molecule has 4 rings (SSSR count). The Morgan fingerprint density at radius 2 is 0.828 bits per heavy atom. The predicted octanol–water partition coefficient (Wildman–Crippen LogP) is 5.14. The van der Waals surface area contributed by atoms with E-state index in [0.29, 0.717) is 34.2 Å². The van der Waals surface area contributed by atoms with Crippen LogP contribution in [0.25, 0.3) is 22.3 Å². The maximum atomic E-state index is 6.41. The first-order chi connectivity index (χ1) is 14.0. The standard InChI is InChI=1S/C24H22N4O/c25-17-11-7-15(8-12-17)19-3-1-5-21(23(19)27)29-22-6-2-4-20(24(22)28)16-9-13-18(26)14-10-16/h1-14H,25-28H2. The van der Waals surface area contributed by atoms with Gasteiger partial charge in [-0.1, -0.05) is 48.5 Å². The monoisotopic (exact) mass is 382 g/mol. The Morgan fingerprint density at radius 1 is 0.448 bits per heavy atom. The molecular formula is C24H22N4O. The maximum absolute atomic E-state index is 6.41. The zero-order chi connectivity index (χ0) is 20.4. The van der Waals surface area contributed by atoms with Gasteiger partial charge in [0.25, 0.3) is 0 Å². The molecule has 0 saturated carbocycles. The van der Waals surface area contributed by atoms with Crippen LogP contribution in [-0.4, -0.2) is 0 Å². The Labute approximate surface area is 169 Å². The Kier molecular flexibility index (Phi) is 4.71. The fraction of sp³-hybridized carbons (Fsp3) is 0. The molecule has 0 heterocycles. The molecule has 4 aromatic rings. The van der Waals surface area contributed by atoms with Crippen molar-refractivity contribution >= 4 is 22.7 Å². The van der Waals surface area contributed by atoms with Crippen LogP contribution in [-0.2, 0) is 0 Å². The summed E-state index contributed by atoms with van der Waals surface area (Å²) in [5.41, 5.74) is 30.5. The highest BCUT2D eigenvalue weighted by atomic mass is 16.5. The van der Waals surface area contributed by atoms with Crippen LogP contribution in [0.1, 0.15) is 0 Å². The van der Waals surface area contributed by atoms with Crippen LogP contribution < -0.4 is 27.7 Å². The number of rotatable bonds is 4. The summed E-state index contributed by atoms with van der Waals surface area (Å²) in [6, 6.07) is 26.4. The van der Waals surface area contributed by atoms with Crippen molar-refractivity contribution in [3.8, 4) is 33.8 Å². The van der Waals surface area contributed by atoms with Crippen LogP contribution in [0.4, 0.5) is 22.7 Å². The molecule has 4 aromatic carbocycles. The Bertz CT molecular complexity index is 1060. The lowest BCUT2D eigenvalue weighted by molar-refractivity contribution is 0.488. The molecule has 5 nitrogen and oxygen atoms in total. The number of ether oxygens (including phenoxy) is 1. The lowest BCUT2D eigenvalue weighted by atomic mass is 10.0. The molecule has 0 saturated heterocycles. The van der Waals surface area contributed by atoms with Crippen molar-refractivity contribution in [3.05, 3.63) is 84.9 Å². The zero-order valence-electron chi connectivity index (χ0n) is 15.8. The van der Waals surface area contributed by atoms with E-state index < -0.39 is 0 Å². The van der Waals surface area contributed by atoms with Crippen molar-refractivity contribution in [2.24, 2.45) is 0 Å². The zero-order valence-corrected chi connectivity index (χ0v) is 15.8. The van der Waals surface area contributed by atoms with Gasteiger partial charge in [-0.15, -0.1) is 0 Å². The second-order valence-electron chi connectivity index (χ2n) is 6.78. The lowest BCUT2D eigenvalue weighted by Crippen LogP contribution is -1.99. The Hall–Kier alpha value is -4.12. The van der Waals surface area contributed by atoms with Gasteiger partial charge in [0.05, 0.1) is 11.4 Å². The van der Waals surface area contributed by atoms with Crippen LogP contribution in [0.5, 0.6) is 11.5 Å². The summed E-state index contributed by atoms with van der Waals surface area (Å²) in [6.07, 6.45) is 0. The second kappa shape index (κ2) is 7.48. The van der Waals surface area contributed by atoms with Crippen LogP contribution in [0.3, 0.4) is 0 Å². The van der Waals surface area contributed by atoms with Gasteiger partial charge in [-0.2, -0.15) is 0 Å². The van der Waals surface area contributed by atoms with Crippen molar-refractivity contribution in [3.63, 3.8) is 0 Å². The van der Waals surface area contributed by atoms with Gasteiger partial charge < -0.3 is 27.7 Å². The fourth-order valence-electron chi connectivity index (χ4n) is 3.21. The van der Waals surface area contributed by atoms with Gasteiger partial charge in [0, 0.05) is 22.5 Å². The van der Waals surface area contributed by atoms with E-state index in [1.54, 1.807) is 0 Å². The van der Waals surface area contributed by atoms with Gasteiger partial charge in [-0.3, -0.25) is 0 Å². The summed E-state index contributed by atoms with van der Waals surface area (Å²) in [6.45, 7) is 0. The molecule has 144 valence electrons. The van der Waals surface area contributed by atoms with Crippen LogP contribution >= 0.6 is 0 Å². The van der Waals surface area contributed by atoms with Crippen LogP contribution in [0, 0.1) is 0 Å². The number of anilines is 4. The van der Waals surface area contributed by atoms with E-state index in [4.69, 9.17) is 27.7 Å². The van der Waals surface area contributed by atoms with E-state index in [2.05, 4.69) is 0 Å². The third kappa shape index (κ3) is 3.66. The number of para-hydroxylation sites is 2. The molecule has 0 amide bonds. The molecule has 0 unspecified atom stereocenters. The largest absolute Gasteiger partial charge is 0.453 e. The van der Waals surface area contributed by atoms with Crippen LogP contribution in [0.15, 0.2) is 84.9 Å². The minimum absolute atomic E-state index is 0.537. The minimum Gasteiger partial charge on any atom is -0.453 e. The van der Waals surface area contributed by atoms with Crippen molar-refractivity contribution < 1.29 is 4.74 Å². The molecule has 0 atom stereocenters. The topological polar surface area (TPSA) is 113 Å². The van der Waals surface area contributed by atoms with Gasteiger partial charge in [-0.05, 0) is 47.5 Å². The number of hydrogen-bond donors (Lipinski definition) is 4. The minimum atomic E-state index is 0.537. The molecule has 0 aromatic heterocycles. The molecule has 29 heavy (non-hydrogen) atoms. The molecule has 0 fully saturated rings. The number of nitrogens with two attached hydrogens (primary N) is 4. The normalized spacial score (nSPS) is 10.6. The van der Waals surface area contributed by atoms with Gasteiger partial charge in [-0.25, -0.2) is 0 Å². The van der Waals surface area contributed by atoms with Gasteiger partial charge in [0.15, 0.2) is 11.5 Å². The highest BCUT2D eigenvalue weighted by Crippen LogP contribution is 2.40. The molecule has 0 aliphatic carbocycles. The van der Waals surface area contributed by atoms with E-state index in [-0.39, 0.29) is 0 Å². The van der Waals surface area contributed by atoms with Gasteiger partial charge >= 0.3 is 0 Å². The first-order valence-electron chi connectivity index (χ1n) is 9.19. The summed E-state index contributed by atoms with van der Waals surface area (Å²) in [7, 11) is 0. The first-order valence-corrected chi connectivity index (χ1v) is 9.19. The van der Waals surface area contributed by atoms with E-state index >= 15 is 0 Å². The summed E-state index contributed by atoms with van der Waals surface area (Å²) in [4.78, 5) is 0. The smallest absolute Gasteiger partial charge is 0.151 e. The second-order valence-corrected chi connectivity index (χ2v) is 6.78. The van der Waals surface area contributed by atoms with Crippen molar-refractivity contribution in [1.82, 2.24) is 0 Å². The van der Waals surface area contributed by atoms with Gasteiger partial charge in [0.1, 0.15) is 0 Å². The molecule has 8 N–H and O–H groups in total. The van der Waals surface area contributed by atoms with Crippen molar-refractivity contribution in [2.75, 3.05) is 22.9 Å². The number of hydrogen-bond acceptors (Lipinski definition) is 5. The quantitative estimate of drug-likeness (QED) is 0.365. The van der Waals surface area contributed by atoms with E-state index in [0.717, 1.165) is 22.3 Å². The first kappa shape index (κ1) is 18.3. The summed E-state index contributed by atoms with van der Waals surface area (Å²) in [5, 5.41) is 0. The molecule has 0 aliphatic heterocycles. The average molecular weight is 382 g/mol.